The van der Waals surface area contributed by atoms with E-state index in [1.807, 2.05) is 0 Å². The van der Waals surface area contributed by atoms with Gasteiger partial charge in [0.2, 0.25) is 15.9 Å². The minimum atomic E-state index is -4.77. The molecule has 0 aromatic heterocycles. The van der Waals surface area contributed by atoms with Crippen molar-refractivity contribution in [3.8, 4) is 0 Å². The average molecular weight is 484 g/mol. The Bertz CT molecular complexity index is 850. The summed E-state index contributed by atoms with van der Waals surface area (Å²) in [7, 11) is -4.20. The minimum absolute atomic E-state index is 0.109. The predicted molar refractivity (Wildman–Crippen MR) is 113 cm³/mol. The summed E-state index contributed by atoms with van der Waals surface area (Å²) in [5.74, 6) is -0.318. The fourth-order valence-electron chi connectivity index (χ4n) is 3.52. The summed E-state index contributed by atoms with van der Waals surface area (Å²) in [6.07, 6.45) is 0.640. The van der Waals surface area contributed by atoms with Gasteiger partial charge >= 0.3 is 6.18 Å². The number of piperidine rings is 1. The Hall–Kier alpha value is -1.36. The summed E-state index contributed by atoms with van der Waals surface area (Å²) in [5.41, 5.74) is -1.23. The zero-order chi connectivity index (χ0) is 23.1. The van der Waals surface area contributed by atoms with E-state index in [0.29, 0.717) is 18.7 Å². The van der Waals surface area contributed by atoms with Gasteiger partial charge in [-0.15, -0.1) is 0 Å². The van der Waals surface area contributed by atoms with Gasteiger partial charge in [0.25, 0.3) is 0 Å². The van der Waals surface area contributed by atoms with Crippen LogP contribution in [0.15, 0.2) is 23.1 Å². The molecule has 1 aliphatic heterocycles. The number of nitrogens with one attached hydrogen (secondary N) is 2. The second-order valence-electron chi connectivity index (χ2n) is 7.73. The third-order valence-corrected chi connectivity index (χ3v) is 7.12. The zero-order valence-electron chi connectivity index (χ0n) is 17.5. The Morgan fingerprint density at radius 2 is 1.97 bits per heavy atom. The van der Waals surface area contributed by atoms with Crippen molar-refractivity contribution in [3.05, 3.63) is 28.8 Å². The number of alkyl halides is 3. The lowest BCUT2D eigenvalue weighted by Crippen LogP contribution is -2.38. The molecule has 31 heavy (non-hydrogen) atoms. The highest BCUT2D eigenvalue weighted by Gasteiger charge is 2.34. The van der Waals surface area contributed by atoms with Gasteiger partial charge in [0.05, 0.1) is 15.5 Å². The van der Waals surface area contributed by atoms with Crippen LogP contribution in [0.4, 0.5) is 13.2 Å². The van der Waals surface area contributed by atoms with E-state index in [0.717, 1.165) is 38.1 Å². The summed E-state index contributed by atoms with van der Waals surface area (Å²) in [6, 6.07) is 2.96. The normalized spacial score (nSPS) is 18.2. The molecule has 1 heterocycles. The second-order valence-corrected chi connectivity index (χ2v) is 9.90. The van der Waals surface area contributed by atoms with Crippen molar-refractivity contribution < 1.29 is 26.4 Å². The summed E-state index contributed by atoms with van der Waals surface area (Å²) >= 11 is 5.51. The monoisotopic (exact) mass is 483 g/mol. The number of halogens is 4. The van der Waals surface area contributed by atoms with Gasteiger partial charge in [-0.3, -0.25) is 4.79 Å². The molecular formula is C20H29ClF3N3O3S. The van der Waals surface area contributed by atoms with Gasteiger partial charge in [0.15, 0.2) is 0 Å². The van der Waals surface area contributed by atoms with Gasteiger partial charge in [-0.25, -0.2) is 13.1 Å². The molecule has 0 aliphatic carbocycles. The fourth-order valence-corrected chi connectivity index (χ4v) is 4.80. The molecule has 0 saturated carbocycles. The van der Waals surface area contributed by atoms with Gasteiger partial charge in [0, 0.05) is 25.6 Å². The highest BCUT2D eigenvalue weighted by Crippen LogP contribution is 2.35. The Morgan fingerprint density at radius 3 is 2.65 bits per heavy atom. The van der Waals surface area contributed by atoms with E-state index in [-0.39, 0.29) is 18.9 Å². The summed E-state index contributed by atoms with van der Waals surface area (Å²) in [5, 5.41) is 2.15. The van der Waals surface area contributed by atoms with Crippen LogP contribution >= 0.6 is 11.6 Å². The van der Waals surface area contributed by atoms with Crippen LogP contribution in [0.2, 0.25) is 5.02 Å². The number of carbonyl (C=O) groups excluding carboxylic acids is 1. The average Bonchev–Trinajstić information content (AvgIpc) is 2.68. The van der Waals surface area contributed by atoms with Gasteiger partial charge in [-0.1, -0.05) is 18.0 Å². The molecule has 1 amide bonds. The molecule has 1 unspecified atom stereocenters. The number of amides is 1. The summed E-state index contributed by atoms with van der Waals surface area (Å²) in [4.78, 5) is 13.8. The lowest BCUT2D eigenvalue weighted by Gasteiger charge is -2.33. The molecule has 1 atom stereocenters. The van der Waals surface area contributed by atoms with Crippen LogP contribution in [0.3, 0.4) is 0 Å². The van der Waals surface area contributed by atoms with E-state index < -0.39 is 31.7 Å². The molecular weight excluding hydrogens is 455 g/mol. The van der Waals surface area contributed by atoms with Crippen LogP contribution in [-0.4, -0.2) is 51.4 Å². The summed E-state index contributed by atoms with van der Waals surface area (Å²) < 4.78 is 65.3. The molecule has 176 valence electrons. The number of benzene rings is 1. The smallest absolute Gasteiger partial charge is 0.356 e. The number of carbonyl (C=O) groups is 1. The van der Waals surface area contributed by atoms with Crippen LogP contribution in [0.5, 0.6) is 0 Å². The van der Waals surface area contributed by atoms with E-state index >= 15 is 0 Å². The van der Waals surface area contributed by atoms with Crippen LogP contribution in [-0.2, 0) is 21.0 Å². The maximum absolute atomic E-state index is 12.9. The molecule has 1 saturated heterocycles. The molecule has 0 radical (unpaired) electrons. The highest BCUT2D eigenvalue weighted by atomic mass is 35.5. The Kier molecular flexibility index (Phi) is 9.60. The fraction of sp³-hybridized carbons (Fsp3) is 0.650. The molecule has 0 bridgehead atoms. The molecule has 6 nitrogen and oxygen atoms in total. The third-order valence-electron chi connectivity index (χ3n) is 5.33. The van der Waals surface area contributed by atoms with Crippen LogP contribution in [0.1, 0.15) is 51.0 Å². The van der Waals surface area contributed by atoms with Gasteiger partial charge in [-0.2, -0.15) is 13.2 Å². The third kappa shape index (κ3) is 8.25. The number of hydrogen-bond donors (Lipinski definition) is 2. The zero-order valence-corrected chi connectivity index (χ0v) is 19.0. The van der Waals surface area contributed by atoms with Gasteiger partial charge in [0.1, 0.15) is 0 Å². The first-order valence-corrected chi connectivity index (χ1v) is 12.2. The van der Waals surface area contributed by atoms with Crippen molar-refractivity contribution in [2.24, 2.45) is 0 Å². The Morgan fingerprint density at radius 1 is 1.23 bits per heavy atom. The molecule has 11 heteroatoms. The van der Waals surface area contributed by atoms with Crippen molar-refractivity contribution in [2.75, 3.05) is 26.2 Å². The molecule has 1 fully saturated rings. The first kappa shape index (κ1) is 25.9. The minimum Gasteiger partial charge on any atom is -0.356 e. The molecule has 1 aromatic carbocycles. The van der Waals surface area contributed by atoms with Crippen LogP contribution in [0.25, 0.3) is 0 Å². The molecule has 1 aromatic rings. The van der Waals surface area contributed by atoms with E-state index in [1.54, 1.807) is 0 Å². The molecule has 2 rings (SSSR count). The maximum Gasteiger partial charge on any atom is 0.417 e. The van der Waals surface area contributed by atoms with Crippen LogP contribution < -0.4 is 10.0 Å². The number of nitrogens with zero attached hydrogens (tertiary/aromatic N) is 1. The van der Waals surface area contributed by atoms with Crippen molar-refractivity contribution in [3.63, 3.8) is 0 Å². The Labute approximate surface area is 186 Å². The lowest BCUT2D eigenvalue weighted by atomic mass is 10.0. The number of hydrogen-bond acceptors (Lipinski definition) is 4. The summed E-state index contributed by atoms with van der Waals surface area (Å²) in [6.45, 7) is 4.63. The first-order valence-electron chi connectivity index (χ1n) is 10.4. The van der Waals surface area contributed by atoms with Crippen molar-refractivity contribution in [2.45, 2.75) is 62.6 Å². The van der Waals surface area contributed by atoms with Gasteiger partial charge in [-0.05, 0) is 63.9 Å². The second kappa shape index (κ2) is 11.5. The maximum atomic E-state index is 12.9. The van der Waals surface area contributed by atoms with Crippen LogP contribution in [0, 0.1) is 0 Å². The van der Waals surface area contributed by atoms with E-state index in [1.165, 1.54) is 19.3 Å². The molecule has 2 N–H and O–H groups in total. The molecule has 0 spiro atoms. The lowest BCUT2D eigenvalue weighted by molar-refractivity contribution is -0.137. The standard InChI is InChI=1S/C20H29ClF3N3O3S/c1-15-6-2-4-12-27(15)13-5-3-10-25-19(28)9-11-26-31(29,30)16-7-8-18(21)17(14-16)20(22,23)24/h7-8,14-15,26H,2-6,9-13H2,1H3,(H,25,28). The van der Waals surface area contributed by atoms with E-state index in [4.69, 9.17) is 11.6 Å². The topological polar surface area (TPSA) is 78.5 Å². The van der Waals surface area contributed by atoms with E-state index in [2.05, 4.69) is 21.9 Å². The highest BCUT2D eigenvalue weighted by molar-refractivity contribution is 7.89. The Balaban J connectivity index is 1.70. The van der Waals surface area contributed by atoms with E-state index in [9.17, 15) is 26.4 Å². The number of likely N-dealkylation sites (tertiary alicyclic amines) is 1. The number of unbranched alkanes of at least 4 members (excludes halogenated alkanes) is 1. The number of sulfonamides is 1. The largest absolute Gasteiger partial charge is 0.417 e. The molecule has 1 aliphatic rings. The SMILES string of the molecule is CC1CCCCN1CCCCNC(=O)CCNS(=O)(=O)c1ccc(Cl)c(C(F)(F)F)c1. The van der Waals surface area contributed by atoms with Crippen molar-refractivity contribution in [1.29, 1.82) is 0 Å². The first-order chi connectivity index (χ1) is 14.5. The van der Waals surface area contributed by atoms with Crippen molar-refractivity contribution >= 4 is 27.5 Å². The van der Waals surface area contributed by atoms with Gasteiger partial charge < -0.3 is 10.2 Å². The predicted octanol–water partition coefficient (Wildman–Crippen LogP) is 3.80. The quantitative estimate of drug-likeness (QED) is 0.496. The number of rotatable bonds is 10. The van der Waals surface area contributed by atoms with Crippen molar-refractivity contribution in [1.82, 2.24) is 14.9 Å².